The summed E-state index contributed by atoms with van der Waals surface area (Å²) in [5.74, 6) is 0.0592. The average molecular weight is 358 g/mol. The van der Waals surface area contributed by atoms with E-state index in [2.05, 4.69) is 26.0 Å². The van der Waals surface area contributed by atoms with E-state index >= 15 is 0 Å². The molecule has 116 valence electrons. The highest BCUT2D eigenvalue weighted by atomic mass is 79.9. The first-order valence-corrected chi connectivity index (χ1v) is 7.46. The number of rotatable bonds is 3. The predicted octanol–water partition coefficient (Wildman–Crippen LogP) is 1.52. The summed E-state index contributed by atoms with van der Waals surface area (Å²) >= 11 is 3.44. The number of ether oxygens (including phenoxy) is 1. The number of nitrogens with two attached hydrogens (primary N) is 1. The number of amidine groups is 1. The summed E-state index contributed by atoms with van der Waals surface area (Å²) in [6.45, 7) is 5.33. The Bertz CT molecular complexity index is 548. The average Bonchev–Trinajstić information content (AvgIpc) is 2.44. The van der Waals surface area contributed by atoms with E-state index in [1.54, 1.807) is 6.07 Å². The second-order valence-corrected chi connectivity index (χ2v) is 6.57. The van der Waals surface area contributed by atoms with Crippen LogP contribution in [0.25, 0.3) is 0 Å². The SMILES string of the molecule is CC1(C)CN(c2ccc(/C(N)=N/O)c(Br)c2)CC(CO)O1. The van der Waals surface area contributed by atoms with Gasteiger partial charge in [0.15, 0.2) is 5.84 Å². The van der Waals surface area contributed by atoms with Crippen LogP contribution in [0, 0.1) is 0 Å². The van der Waals surface area contributed by atoms with Gasteiger partial charge < -0.3 is 25.7 Å². The summed E-state index contributed by atoms with van der Waals surface area (Å²) in [6, 6.07) is 5.63. The molecule has 1 aliphatic heterocycles. The molecule has 1 fully saturated rings. The fourth-order valence-electron chi connectivity index (χ4n) is 2.55. The van der Waals surface area contributed by atoms with E-state index in [0.29, 0.717) is 12.1 Å². The fourth-order valence-corrected chi connectivity index (χ4v) is 3.12. The first-order valence-electron chi connectivity index (χ1n) is 6.67. The zero-order chi connectivity index (χ0) is 15.6. The standard InChI is InChI=1S/C14H20BrN3O3/c1-14(2)8-18(6-10(7-19)21-14)9-3-4-11(12(15)5-9)13(16)17-20/h3-5,10,19-20H,6-8H2,1-2H3,(H2,16,17). The molecule has 1 saturated heterocycles. The van der Waals surface area contributed by atoms with Gasteiger partial charge in [-0.05, 0) is 48.0 Å². The van der Waals surface area contributed by atoms with Gasteiger partial charge in [0.05, 0.1) is 18.3 Å². The van der Waals surface area contributed by atoms with Crippen molar-refractivity contribution in [1.82, 2.24) is 0 Å². The summed E-state index contributed by atoms with van der Waals surface area (Å²) < 4.78 is 6.56. The third-order valence-electron chi connectivity index (χ3n) is 3.39. The van der Waals surface area contributed by atoms with Gasteiger partial charge in [0.25, 0.3) is 0 Å². The minimum Gasteiger partial charge on any atom is -0.409 e. The van der Waals surface area contributed by atoms with Gasteiger partial charge in [-0.25, -0.2) is 0 Å². The van der Waals surface area contributed by atoms with Gasteiger partial charge in [-0.15, -0.1) is 0 Å². The summed E-state index contributed by atoms with van der Waals surface area (Å²) in [5.41, 5.74) is 6.91. The molecule has 1 aromatic carbocycles. The zero-order valence-corrected chi connectivity index (χ0v) is 13.7. The zero-order valence-electron chi connectivity index (χ0n) is 12.1. The van der Waals surface area contributed by atoms with Crippen LogP contribution in [0.15, 0.2) is 27.8 Å². The Morgan fingerprint density at radius 2 is 2.29 bits per heavy atom. The van der Waals surface area contributed by atoms with Gasteiger partial charge in [0.1, 0.15) is 0 Å². The number of hydrogen-bond donors (Lipinski definition) is 3. The normalized spacial score (nSPS) is 22.4. The molecule has 0 spiro atoms. The topological polar surface area (TPSA) is 91.3 Å². The van der Waals surface area contributed by atoms with Crippen LogP contribution in [0.3, 0.4) is 0 Å². The van der Waals surface area contributed by atoms with Gasteiger partial charge in [-0.3, -0.25) is 0 Å². The number of aliphatic hydroxyl groups is 1. The molecular formula is C14H20BrN3O3. The highest BCUT2D eigenvalue weighted by Gasteiger charge is 2.33. The number of halogens is 1. The number of morpholine rings is 1. The van der Waals surface area contributed by atoms with Crippen molar-refractivity contribution in [3.05, 3.63) is 28.2 Å². The lowest BCUT2D eigenvalue weighted by Crippen LogP contribution is -2.54. The number of oxime groups is 1. The van der Waals surface area contributed by atoms with Crippen molar-refractivity contribution < 1.29 is 15.1 Å². The third kappa shape index (κ3) is 3.66. The molecule has 0 radical (unpaired) electrons. The van der Waals surface area contributed by atoms with Gasteiger partial charge in [0.2, 0.25) is 0 Å². The molecule has 0 saturated carbocycles. The highest BCUT2D eigenvalue weighted by molar-refractivity contribution is 9.10. The molecule has 2 rings (SSSR count). The number of benzene rings is 1. The monoisotopic (exact) mass is 357 g/mol. The van der Waals surface area contributed by atoms with Gasteiger partial charge >= 0.3 is 0 Å². The second-order valence-electron chi connectivity index (χ2n) is 5.71. The quantitative estimate of drug-likeness (QED) is 0.330. The Labute approximate surface area is 132 Å². The third-order valence-corrected chi connectivity index (χ3v) is 4.04. The van der Waals surface area contributed by atoms with E-state index < -0.39 is 0 Å². The molecule has 1 atom stereocenters. The molecule has 1 unspecified atom stereocenters. The van der Waals surface area contributed by atoms with Crippen molar-refractivity contribution >= 4 is 27.5 Å². The van der Waals surface area contributed by atoms with E-state index in [9.17, 15) is 5.11 Å². The van der Waals surface area contributed by atoms with Crippen LogP contribution < -0.4 is 10.6 Å². The molecule has 6 nitrogen and oxygen atoms in total. The largest absolute Gasteiger partial charge is 0.409 e. The number of nitrogens with zero attached hydrogens (tertiary/aromatic N) is 2. The lowest BCUT2D eigenvalue weighted by Gasteiger charge is -2.43. The van der Waals surface area contributed by atoms with E-state index in [1.165, 1.54) is 0 Å². The highest BCUT2D eigenvalue weighted by Crippen LogP contribution is 2.29. The molecule has 0 amide bonds. The Morgan fingerprint density at radius 3 is 2.86 bits per heavy atom. The Hall–Kier alpha value is -1.31. The van der Waals surface area contributed by atoms with Crippen molar-refractivity contribution in [3.8, 4) is 0 Å². The lowest BCUT2D eigenvalue weighted by molar-refractivity contribution is -0.101. The first kappa shape index (κ1) is 16.1. The van der Waals surface area contributed by atoms with E-state index in [-0.39, 0.29) is 24.1 Å². The van der Waals surface area contributed by atoms with Crippen LogP contribution in [0.2, 0.25) is 0 Å². The fraction of sp³-hybridized carbons (Fsp3) is 0.500. The Morgan fingerprint density at radius 1 is 1.57 bits per heavy atom. The molecule has 1 aliphatic rings. The van der Waals surface area contributed by atoms with Crippen molar-refractivity contribution in [2.45, 2.75) is 25.6 Å². The first-order chi connectivity index (χ1) is 9.86. The molecule has 21 heavy (non-hydrogen) atoms. The van der Waals surface area contributed by atoms with Crippen molar-refractivity contribution in [1.29, 1.82) is 0 Å². The number of anilines is 1. The molecular weight excluding hydrogens is 338 g/mol. The molecule has 0 aliphatic carbocycles. The van der Waals surface area contributed by atoms with Crippen LogP contribution >= 0.6 is 15.9 Å². The van der Waals surface area contributed by atoms with Crippen LogP contribution in [0.5, 0.6) is 0 Å². The predicted molar refractivity (Wildman–Crippen MR) is 84.9 cm³/mol. The van der Waals surface area contributed by atoms with Crippen LogP contribution in [0.1, 0.15) is 19.4 Å². The molecule has 1 aromatic rings. The summed E-state index contributed by atoms with van der Waals surface area (Å²) in [6.07, 6.45) is -0.212. The van der Waals surface area contributed by atoms with Crippen LogP contribution in [-0.4, -0.2) is 47.6 Å². The second kappa shape index (κ2) is 6.21. The molecule has 0 aromatic heterocycles. The van der Waals surface area contributed by atoms with Crippen molar-refractivity contribution in [2.24, 2.45) is 10.9 Å². The Kier molecular flexibility index (Phi) is 4.75. The van der Waals surface area contributed by atoms with Crippen molar-refractivity contribution in [3.63, 3.8) is 0 Å². The minimum absolute atomic E-state index is 0.0106. The van der Waals surface area contributed by atoms with Gasteiger partial charge in [0, 0.05) is 28.8 Å². The van der Waals surface area contributed by atoms with Gasteiger partial charge in [-0.2, -0.15) is 0 Å². The van der Waals surface area contributed by atoms with Crippen molar-refractivity contribution in [2.75, 3.05) is 24.6 Å². The lowest BCUT2D eigenvalue weighted by atomic mass is 10.0. The van der Waals surface area contributed by atoms with E-state index in [1.807, 2.05) is 26.0 Å². The molecule has 1 heterocycles. The maximum atomic E-state index is 9.37. The summed E-state index contributed by atoms with van der Waals surface area (Å²) in [7, 11) is 0. The number of aliphatic hydroxyl groups excluding tert-OH is 1. The Balaban J connectivity index is 2.27. The molecule has 0 bridgehead atoms. The minimum atomic E-state index is -0.331. The van der Waals surface area contributed by atoms with Gasteiger partial charge in [-0.1, -0.05) is 5.16 Å². The maximum Gasteiger partial charge on any atom is 0.171 e. The summed E-state index contributed by atoms with van der Waals surface area (Å²) in [5, 5.41) is 21.1. The molecule has 4 N–H and O–H groups in total. The summed E-state index contributed by atoms with van der Waals surface area (Å²) in [4.78, 5) is 2.16. The van der Waals surface area contributed by atoms with Crippen LogP contribution in [-0.2, 0) is 4.74 Å². The number of hydrogen-bond acceptors (Lipinski definition) is 5. The smallest absolute Gasteiger partial charge is 0.171 e. The van der Waals surface area contributed by atoms with E-state index in [4.69, 9.17) is 15.7 Å². The van der Waals surface area contributed by atoms with E-state index in [0.717, 1.165) is 16.7 Å². The molecule has 7 heteroatoms. The maximum absolute atomic E-state index is 9.37. The van der Waals surface area contributed by atoms with Crippen LogP contribution in [0.4, 0.5) is 5.69 Å².